The summed E-state index contributed by atoms with van der Waals surface area (Å²) < 4.78 is 33.7. The number of likely N-dealkylation sites (N-methyl/N-ethyl adjacent to an activating group) is 1. The molecule has 0 bridgehead atoms. The second-order valence-electron chi connectivity index (χ2n) is 16.1. The van der Waals surface area contributed by atoms with Crippen molar-refractivity contribution in [2.45, 2.75) is 161 Å². The van der Waals surface area contributed by atoms with Gasteiger partial charge in [-0.15, -0.1) is 0 Å². The van der Waals surface area contributed by atoms with E-state index in [2.05, 4.69) is 19.1 Å². The number of hydrogen-bond acceptors (Lipinski definition) is 10. The van der Waals surface area contributed by atoms with E-state index in [1.165, 1.54) is 51.4 Å². The first-order chi connectivity index (χ1) is 28.8. The Morgan fingerprint density at radius 3 is 1.78 bits per heavy atom. The molecule has 0 spiro atoms. The van der Waals surface area contributed by atoms with Crippen molar-refractivity contribution in [2.75, 3.05) is 47.5 Å². The Morgan fingerprint density at radius 1 is 0.633 bits per heavy atom. The standard InChI is InChI=1S/C48H82NO10P/c1-6-8-10-11-12-13-14-15-16-17-18-19-20-24-32-38-47(52)56-42-46(43-58-60(54,55)57-41-40-49(3,4)5)59-48(53)39-33-25-22-21-23-29-35-45(51)37-31-27-26-30-36-44(50)34-28-9-7-2/h9,13-14,22-23,25-31,36-37,44-46,50-51H,6-8,10-12,15-21,24,32-35,38-43H2,1-5H3/b14-13-,25-22-,27-26-,28-9-,29-23-,36-30+,37-31+/t44-,45+,46+/m0/s1. The van der Waals surface area contributed by atoms with E-state index in [-0.39, 0.29) is 26.1 Å². The number of aliphatic hydroxyl groups is 2. The summed E-state index contributed by atoms with van der Waals surface area (Å²) in [4.78, 5) is 37.5. The lowest BCUT2D eigenvalue weighted by Crippen LogP contribution is -2.37. The molecule has 344 valence electrons. The van der Waals surface area contributed by atoms with Gasteiger partial charge in [-0.1, -0.05) is 150 Å². The number of phosphoric acid groups is 1. The van der Waals surface area contributed by atoms with Crippen LogP contribution in [0.15, 0.2) is 85.1 Å². The van der Waals surface area contributed by atoms with Gasteiger partial charge in [-0.2, -0.15) is 0 Å². The van der Waals surface area contributed by atoms with Crippen LogP contribution in [0.3, 0.4) is 0 Å². The topological polar surface area (TPSA) is 152 Å². The molecule has 0 aliphatic heterocycles. The highest BCUT2D eigenvalue weighted by Crippen LogP contribution is 2.38. The van der Waals surface area contributed by atoms with Crippen LogP contribution in [-0.4, -0.2) is 92.5 Å². The minimum absolute atomic E-state index is 0.0383. The van der Waals surface area contributed by atoms with Crippen LogP contribution in [0.2, 0.25) is 0 Å². The molecule has 0 aliphatic rings. The quantitative estimate of drug-likeness (QED) is 0.0153. The van der Waals surface area contributed by atoms with E-state index in [1.807, 2.05) is 64.5 Å². The number of allylic oxidation sites excluding steroid dienone is 10. The van der Waals surface area contributed by atoms with Crippen LogP contribution in [-0.2, 0) is 32.7 Å². The molecule has 0 aliphatic carbocycles. The van der Waals surface area contributed by atoms with Crippen molar-refractivity contribution >= 4 is 19.8 Å². The van der Waals surface area contributed by atoms with E-state index in [9.17, 15) is 29.3 Å². The molecule has 12 heteroatoms. The van der Waals surface area contributed by atoms with Crippen molar-refractivity contribution in [1.29, 1.82) is 0 Å². The molecule has 0 saturated heterocycles. The molecular formula is C48H82NO10P. The Bertz CT molecular complexity index is 1330. The van der Waals surface area contributed by atoms with E-state index >= 15 is 0 Å². The number of phosphoric ester groups is 1. The van der Waals surface area contributed by atoms with Gasteiger partial charge in [-0.3, -0.25) is 14.2 Å². The van der Waals surface area contributed by atoms with Crippen molar-refractivity contribution in [3.63, 3.8) is 0 Å². The predicted octanol–water partition coefficient (Wildman–Crippen LogP) is 10.1. The molecule has 0 radical (unpaired) electrons. The normalized spacial score (nSPS) is 15.4. The highest BCUT2D eigenvalue weighted by atomic mass is 31.2. The molecule has 4 atom stereocenters. The molecule has 0 rings (SSSR count). The molecule has 60 heavy (non-hydrogen) atoms. The fraction of sp³-hybridized carbons (Fsp3) is 0.667. The minimum atomic E-state index is -4.68. The van der Waals surface area contributed by atoms with E-state index < -0.39 is 44.7 Å². The molecule has 0 amide bonds. The fourth-order valence-electron chi connectivity index (χ4n) is 5.50. The maximum absolute atomic E-state index is 12.7. The SMILES string of the molecule is CC/C=C\C[C@H](O)/C=C/C=C\C=C\[C@H](O)C/C=C\C/C=C\CCC(=O)O[C@H](COC(=O)CCCCCCCCC/C=C\CCCCCC)COP(=O)([O-])OCC[N+](C)(C)C. The average Bonchev–Trinajstić information content (AvgIpc) is 3.19. The number of nitrogens with zero attached hydrogens (tertiary/aromatic N) is 1. The summed E-state index contributed by atoms with van der Waals surface area (Å²) in [7, 11) is 1.03. The van der Waals surface area contributed by atoms with Crippen LogP contribution in [0.5, 0.6) is 0 Å². The Labute approximate surface area is 364 Å². The summed E-state index contributed by atoms with van der Waals surface area (Å²) in [6, 6.07) is 0. The van der Waals surface area contributed by atoms with Gasteiger partial charge in [0.1, 0.15) is 19.8 Å². The van der Waals surface area contributed by atoms with Crippen LogP contribution < -0.4 is 4.89 Å². The maximum atomic E-state index is 12.7. The first-order valence-electron chi connectivity index (χ1n) is 22.5. The molecule has 1 unspecified atom stereocenters. The molecule has 0 heterocycles. The summed E-state index contributed by atoms with van der Waals surface area (Å²) in [5.74, 6) is -1.01. The second-order valence-corrected chi connectivity index (χ2v) is 17.5. The Kier molecular flexibility index (Phi) is 37.1. The summed E-state index contributed by atoms with van der Waals surface area (Å²) in [5.41, 5.74) is 0. The lowest BCUT2D eigenvalue weighted by molar-refractivity contribution is -0.870. The van der Waals surface area contributed by atoms with Crippen LogP contribution in [0.25, 0.3) is 0 Å². The van der Waals surface area contributed by atoms with E-state index in [1.54, 1.807) is 36.5 Å². The zero-order chi connectivity index (χ0) is 44.6. The first kappa shape index (κ1) is 57.1. The van der Waals surface area contributed by atoms with Gasteiger partial charge in [-0.05, 0) is 64.2 Å². The van der Waals surface area contributed by atoms with Gasteiger partial charge in [-0.25, -0.2) is 0 Å². The van der Waals surface area contributed by atoms with Gasteiger partial charge in [0.25, 0.3) is 7.82 Å². The van der Waals surface area contributed by atoms with Gasteiger partial charge >= 0.3 is 11.9 Å². The van der Waals surface area contributed by atoms with Gasteiger partial charge < -0.3 is 38.1 Å². The highest BCUT2D eigenvalue weighted by Gasteiger charge is 2.21. The number of quaternary nitrogens is 1. The van der Waals surface area contributed by atoms with Crippen molar-refractivity contribution in [1.82, 2.24) is 0 Å². The number of aliphatic hydroxyl groups excluding tert-OH is 2. The van der Waals surface area contributed by atoms with Crippen LogP contribution in [0.4, 0.5) is 0 Å². The highest BCUT2D eigenvalue weighted by molar-refractivity contribution is 7.45. The van der Waals surface area contributed by atoms with Crippen molar-refractivity contribution < 1.29 is 52.3 Å². The van der Waals surface area contributed by atoms with E-state index in [4.69, 9.17) is 18.5 Å². The molecular weight excluding hydrogens is 781 g/mol. The molecule has 2 N–H and O–H groups in total. The van der Waals surface area contributed by atoms with Crippen molar-refractivity contribution in [2.24, 2.45) is 0 Å². The molecule has 0 fully saturated rings. The summed E-state index contributed by atoms with van der Waals surface area (Å²) in [6.07, 6.45) is 42.6. The maximum Gasteiger partial charge on any atom is 0.306 e. The number of ether oxygens (including phenoxy) is 2. The Hall–Kier alpha value is -2.89. The lowest BCUT2D eigenvalue weighted by Gasteiger charge is -2.28. The molecule has 0 aromatic heterocycles. The molecule has 0 saturated carbocycles. The van der Waals surface area contributed by atoms with Crippen LogP contribution in [0, 0.1) is 0 Å². The third-order valence-corrected chi connectivity index (χ3v) is 10.0. The third kappa shape index (κ3) is 41.8. The zero-order valence-corrected chi connectivity index (χ0v) is 38.7. The van der Waals surface area contributed by atoms with Gasteiger partial charge in [0.15, 0.2) is 6.10 Å². The number of rotatable bonds is 39. The number of unbranched alkanes of at least 4 members (excludes halogenated alkanes) is 11. The smallest absolute Gasteiger partial charge is 0.306 e. The Morgan fingerprint density at radius 2 is 1.18 bits per heavy atom. The molecule has 0 aromatic carbocycles. The lowest BCUT2D eigenvalue weighted by atomic mass is 10.1. The number of carbonyl (C=O) groups excluding carboxylic acids is 2. The summed E-state index contributed by atoms with van der Waals surface area (Å²) in [5, 5.41) is 20.0. The van der Waals surface area contributed by atoms with Gasteiger partial charge in [0.2, 0.25) is 0 Å². The van der Waals surface area contributed by atoms with Crippen LogP contribution >= 0.6 is 7.82 Å². The summed E-state index contributed by atoms with van der Waals surface area (Å²) in [6.45, 7) is 3.79. The van der Waals surface area contributed by atoms with Crippen molar-refractivity contribution in [3.8, 4) is 0 Å². The fourth-order valence-corrected chi connectivity index (χ4v) is 6.22. The van der Waals surface area contributed by atoms with Crippen LogP contribution in [0.1, 0.15) is 142 Å². The monoisotopic (exact) mass is 864 g/mol. The van der Waals surface area contributed by atoms with E-state index in [0.29, 0.717) is 43.1 Å². The van der Waals surface area contributed by atoms with E-state index in [0.717, 1.165) is 32.1 Å². The largest absolute Gasteiger partial charge is 0.756 e. The molecule has 0 aromatic rings. The first-order valence-corrected chi connectivity index (χ1v) is 24.0. The minimum Gasteiger partial charge on any atom is -0.756 e. The third-order valence-electron chi connectivity index (χ3n) is 9.08. The second kappa shape index (κ2) is 39.0. The summed E-state index contributed by atoms with van der Waals surface area (Å²) >= 11 is 0. The number of hydrogen-bond donors (Lipinski definition) is 2. The number of carbonyl (C=O) groups is 2. The Balaban J connectivity index is 4.61. The van der Waals surface area contributed by atoms with Gasteiger partial charge in [0.05, 0.1) is 40.0 Å². The molecule has 11 nitrogen and oxygen atoms in total. The predicted molar refractivity (Wildman–Crippen MR) is 243 cm³/mol. The van der Waals surface area contributed by atoms with Gasteiger partial charge in [0, 0.05) is 12.8 Å². The number of esters is 2. The zero-order valence-electron chi connectivity index (χ0n) is 37.8. The van der Waals surface area contributed by atoms with Crippen molar-refractivity contribution in [3.05, 3.63) is 85.1 Å². The average molecular weight is 864 g/mol.